The molecule has 13 rings (SSSR count). The second kappa shape index (κ2) is 22.9. The minimum Gasteiger partial charge on any atom is -0.399 e. The molecule has 0 bridgehead atoms. The Balaban J connectivity index is 0.000000147. The summed E-state index contributed by atoms with van der Waals surface area (Å²) in [4.78, 5) is 0. The van der Waals surface area contributed by atoms with E-state index < -0.39 is 0 Å². The molecule has 0 unspecified atom stereocenters. The van der Waals surface area contributed by atoms with Crippen LogP contribution in [-0.4, -0.2) is 18.3 Å². The lowest BCUT2D eigenvalue weighted by molar-refractivity contribution is 0.00578. The van der Waals surface area contributed by atoms with Crippen LogP contribution in [0.15, 0.2) is 233 Å². The molecule has 5 heteroatoms. The molecule has 1 aliphatic rings. The van der Waals surface area contributed by atoms with Crippen LogP contribution in [0.3, 0.4) is 0 Å². The Kier molecular flexibility index (Phi) is 15.7. The van der Waals surface area contributed by atoms with Crippen LogP contribution in [0.25, 0.3) is 98.7 Å². The maximum absolute atomic E-state index is 6.23. The van der Waals surface area contributed by atoms with Crippen LogP contribution < -0.4 is 5.46 Å². The molecule has 0 saturated carbocycles. The fourth-order valence-corrected chi connectivity index (χ4v) is 13.3. The highest BCUT2D eigenvalue weighted by Gasteiger charge is 2.52. The molecule has 81 heavy (non-hydrogen) atoms. The van der Waals surface area contributed by atoms with Crippen LogP contribution in [0.2, 0.25) is 0 Å². The van der Waals surface area contributed by atoms with E-state index in [-0.39, 0.29) is 18.3 Å². The van der Waals surface area contributed by atoms with Crippen molar-refractivity contribution in [1.82, 2.24) is 0 Å². The molecule has 0 spiro atoms. The van der Waals surface area contributed by atoms with Crippen LogP contribution >= 0.6 is 31.9 Å². The van der Waals surface area contributed by atoms with Crippen molar-refractivity contribution in [2.45, 2.75) is 80.4 Å². The van der Waals surface area contributed by atoms with E-state index in [1.807, 2.05) is 0 Å². The molecule has 2 nitrogen and oxygen atoms in total. The largest absolute Gasteiger partial charge is 0.495 e. The lowest BCUT2D eigenvalue weighted by Gasteiger charge is -2.32. The number of benzene rings is 12. The van der Waals surface area contributed by atoms with E-state index in [1.165, 1.54) is 141 Å². The average molecular weight is 1180 g/mol. The molecule has 1 fully saturated rings. The van der Waals surface area contributed by atoms with Gasteiger partial charge < -0.3 is 9.31 Å². The third-order valence-electron chi connectivity index (χ3n) is 17.1. The van der Waals surface area contributed by atoms with Crippen molar-refractivity contribution >= 4 is 87.5 Å². The minimum absolute atomic E-state index is 0.316. The lowest BCUT2D eigenvalue weighted by atomic mass is 9.74. The van der Waals surface area contributed by atoms with Crippen LogP contribution in [0.5, 0.6) is 0 Å². The Bertz CT molecular complexity index is 4020. The molecule has 12 aromatic carbocycles. The van der Waals surface area contributed by atoms with E-state index in [0.29, 0.717) is 0 Å². The highest BCUT2D eigenvalue weighted by Crippen LogP contribution is 2.48. The SMILES string of the molecule is Brc1c2ccccc2c(Br)c2ccccc12.Cc1ccccc1-c1cccc(-c2c3ccccc3c(-c3cccc(-c4ccccc4C)c3C)c3ccccc23)c1C.Cc1ccccc1-c1cccc(B2OC(C)(C)C(C)(C)O2)c1C. The second-order valence-electron chi connectivity index (χ2n) is 22.6. The molecule has 0 atom stereocenters. The summed E-state index contributed by atoms with van der Waals surface area (Å²) in [5.74, 6) is 0. The quantitative estimate of drug-likeness (QED) is 0.122. The predicted octanol–water partition coefficient (Wildman–Crippen LogP) is 21.7. The highest BCUT2D eigenvalue weighted by atomic mass is 79.9. The Morgan fingerprint density at radius 2 is 0.519 bits per heavy atom. The first-order chi connectivity index (χ1) is 39.1. The Hall–Kier alpha value is -7.38. The molecule has 1 heterocycles. The van der Waals surface area contributed by atoms with Gasteiger partial charge in [-0.1, -0.05) is 224 Å². The third-order valence-corrected chi connectivity index (χ3v) is 18.8. The third kappa shape index (κ3) is 10.4. The van der Waals surface area contributed by atoms with E-state index in [4.69, 9.17) is 9.31 Å². The van der Waals surface area contributed by atoms with Gasteiger partial charge in [0.2, 0.25) is 0 Å². The Morgan fingerprint density at radius 1 is 0.272 bits per heavy atom. The minimum atomic E-state index is -0.317. The van der Waals surface area contributed by atoms with Crippen molar-refractivity contribution in [3.8, 4) is 55.6 Å². The highest BCUT2D eigenvalue weighted by molar-refractivity contribution is 9.11. The van der Waals surface area contributed by atoms with Crippen LogP contribution in [0.1, 0.15) is 61.1 Å². The number of aryl methyl sites for hydroxylation is 3. The summed E-state index contributed by atoms with van der Waals surface area (Å²) in [6, 6.07) is 80.6. The normalized spacial score (nSPS) is 13.5. The first kappa shape index (κ1) is 55.5. The molecule has 0 aromatic heterocycles. The maximum Gasteiger partial charge on any atom is 0.495 e. The number of hydrogen-bond acceptors (Lipinski definition) is 2. The summed E-state index contributed by atoms with van der Waals surface area (Å²) in [6.45, 7) is 21.6. The first-order valence-corrected chi connectivity index (χ1v) is 29.7. The van der Waals surface area contributed by atoms with Gasteiger partial charge >= 0.3 is 7.12 Å². The molecule has 0 radical (unpaired) electrons. The van der Waals surface area contributed by atoms with Crippen molar-refractivity contribution in [2.75, 3.05) is 0 Å². The van der Waals surface area contributed by atoms with Crippen molar-refractivity contribution in [2.24, 2.45) is 0 Å². The monoisotopic (exact) mass is 1180 g/mol. The molecule has 1 saturated heterocycles. The maximum atomic E-state index is 6.23. The summed E-state index contributed by atoms with van der Waals surface area (Å²) in [5.41, 5.74) is 21.1. The van der Waals surface area contributed by atoms with Gasteiger partial charge in [-0.25, -0.2) is 0 Å². The topological polar surface area (TPSA) is 18.5 Å². The van der Waals surface area contributed by atoms with E-state index in [9.17, 15) is 0 Å². The van der Waals surface area contributed by atoms with Crippen LogP contribution in [0.4, 0.5) is 0 Å². The standard InChI is InChI=1S/C42H34.C20H25BO2.C14H8Br2/c1-27-15-5-7-17-31(27)33-23-13-25-35(29(33)3)41-37-19-9-11-21-39(37)42(40-22-12-10-20-38(40)41)36-26-14-24-34(30(36)4)32-18-8-6-16-28(32)2;1-14-10-7-8-11-16(14)17-12-9-13-18(15(17)2)21-22-19(3,4)20(5,6)23-21;15-13-9-5-1-2-6-10(9)14(16)12-8-4-3-7-11(12)13/h5-26H,1-4H3;7-13H,1-6H3;1-8H. The smallest absolute Gasteiger partial charge is 0.399 e. The fourth-order valence-electron chi connectivity index (χ4n) is 11.9. The van der Waals surface area contributed by atoms with Crippen molar-refractivity contribution in [3.63, 3.8) is 0 Å². The van der Waals surface area contributed by atoms with E-state index >= 15 is 0 Å². The molecule has 12 aromatic rings. The molecule has 0 amide bonds. The molecule has 0 aliphatic carbocycles. The van der Waals surface area contributed by atoms with Crippen LogP contribution in [0, 0.1) is 41.5 Å². The summed E-state index contributed by atoms with van der Waals surface area (Å²) in [7, 11) is -0.316. The summed E-state index contributed by atoms with van der Waals surface area (Å²) in [6.07, 6.45) is 0. The molecular weight excluding hydrogens is 1120 g/mol. The van der Waals surface area contributed by atoms with Gasteiger partial charge in [-0.2, -0.15) is 0 Å². The first-order valence-electron chi connectivity index (χ1n) is 28.1. The second-order valence-corrected chi connectivity index (χ2v) is 24.2. The average Bonchev–Trinajstić information content (AvgIpc) is 3.87. The van der Waals surface area contributed by atoms with Gasteiger partial charge in [-0.05, 0) is 239 Å². The van der Waals surface area contributed by atoms with Gasteiger partial charge in [0.05, 0.1) is 11.2 Å². The molecule has 0 N–H and O–H groups in total. The Labute approximate surface area is 496 Å². The summed E-state index contributed by atoms with van der Waals surface area (Å²) >= 11 is 7.39. The van der Waals surface area contributed by atoms with E-state index in [0.717, 1.165) is 5.46 Å². The van der Waals surface area contributed by atoms with Gasteiger partial charge in [-0.3, -0.25) is 0 Å². The van der Waals surface area contributed by atoms with Crippen molar-refractivity contribution < 1.29 is 9.31 Å². The fraction of sp³-hybridized carbons (Fsp3) is 0.158. The Morgan fingerprint density at radius 3 is 0.840 bits per heavy atom. The molecule has 1 aliphatic heterocycles. The van der Waals surface area contributed by atoms with Crippen LogP contribution in [-0.2, 0) is 9.31 Å². The zero-order valence-electron chi connectivity index (χ0n) is 48.0. The predicted molar refractivity (Wildman–Crippen MR) is 356 cm³/mol. The summed E-state index contributed by atoms with van der Waals surface area (Å²) < 4.78 is 14.8. The number of halogens is 2. The van der Waals surface area contributed by atoms with Gasteiger partial charge in [0.15, 0.2) is 0 Å². The van der Waals surface area contributed by atoms with Gasteiger partial charge in [-0.15, -0.1) is 0 Å². The number of hydrogen-bond donors (Lipinski definition) is 0. The number of fused-ring (bicyclic) bond motifs is 4. The van der Waals surface area contributed by atoms with Gasteiger partial charge in [0.25, 0.3) is 0 Å². The lowest BCUT2D eigenvalue weighted by Crippen LogP contribution is -2.41. The van der Waals surface area contributed by atoms with Gasteiger partial charge in [0.1, 0.15) is 0 Å². The van der Waals surface area contributed by atoms with Crippen molar-refractivity contribution in [1.29, 1.82) is 0 Å². The van der Waals surface area contributed by atoms with Gasteiger partial charge in [0, 0.05) is 8.95 Å². The van der Waals surface area contributed by atoms with E-state index in [2.05, 4.69) is 326 Å². The zero-order chi connectivity index (χ0) is 56.7. The molecular formula is C76H67BBr2O2. The number of rotatable bonds is 6. The summed E-state index contributed by atoms with van der Waals surface area (Å²) in [5, 5.41) is 10.1. The van der Waals surface area contributed by atoms with Crippen molar-refractivity contribution in [3.05, 3.63) is 267 Å². The molecule has 400 valence electrons. The zero-order valence-corrected chi connectivity index (χ0v) is 51.2. The van der Waals surface area contributed by atoms with E-state index in [1.54, 1.807) is 0 Å².